The number of halogens is 2. The molecule has 0 bridgehead atoms. The number of nitrogens with one attached hydrogen (secondary N) is 1. The summed E-state index contributed by atoms with van der Waals surface area (Å²) in [5, 5.41) is 4.77. The number of hydrogen-bond acceptors (Lipinski definition) is 3. The van der Waals surface area contributed by atoms with Crippen LogP contribution in [0.3, 0.4) is 0 Å². The predicted octanol–water partition coefficient (Wildman–Crippen LogP) is 4.02. The van der Waals surface area contributed by atoms with Gasteiger partial charge in [-0.2, -0.15) is 5.10 Å². The molecule has 0 unspecified atom stereocenters. The van der Waals surface area contributed by atoms with Gasteiger partial charge in [0.1, 0.15) is 11.3 Å². The van der Waals surface area contributed by atoms with E-state index in [1.807, 2.05) is 25.3 Å². The highest BCUT2D eigenvalue weighted by atomic mass is 35.5. The molecule has 5 nitrogen and oxygen atoms in total. The molecule has 2 aromatic heterocycles. The minimum Gasteiger partial charge on any atom is -0.295 e. The van der Waals surface area contributed by atoms with Crippen LogP contribution < -0.4 is 5.43 Å². The van der Waals surface area contributed by atoms with Crippen LogP contribution in [0.1, 0.15) is 27.3 Å². The van der Waals surface area contributed by atoms with Crippen molar-refractivity contribution >= 4 is 41.0 Å². The van der Waals surface area contributed by atoms with Crippen molar-refractivity contribution in [1.29, 1.82) is 0 Å². The predicted molar refractivity (Wildman–Crippen MR) is 96.2 cm³/mol. The Balaban J connectivity index is 1.84. The van der Waals surface area contributed by atoms with Crippen LogP contribution in [-0.4, -0.2) is 21.5 Å². The van der Waals surface area contributed by atoms with Crippen LogP contribution >= 0.6 is 23.2 Å². The van der Waals surface area contributed by atoms with Crippen molar-refractivity contribution in [3.05, 3.63) is 69.1 Å². The van der Waals surface area contributed by atoms with Crippen molar-refractivity contribution in [2.45, 2.75) is 13.8 Å². The maximum absolute atomic E-state index is 12.4. The van der Waals surface area contributed by atoms with Crippen molar-refractivity contribution in [3.8, 4) is 0 Å². The van der Waals surface area contributed by atoms with E-state index in [-0.39, 0.29) is 5.91 Å². The van der Waals surface area contributed by atoms with Gasteiger partial charge in [0.05, 0.1) is 22.0 Å². The Hall–Kier alpha value is -2.37. The minimum absolute atomic E-state index is 0.349. The zero-order chi connectivity index (χ0) is 17.3. The largest absolute Gasteiger partial charge is 0.295 e. The summed E-state index contributed by atoms with van der Waals surface area (Å²) in [5.41, 5.74) is 5.99. The molecule has 0 aliphatic heterocycles. The highest BCUT2D eigenvalue weighted by Crippen LogP contribution is 2.24. The number of rotatable bonds is 3. The van der Waals surface area contributed by atoms with Crippen molar-refractivity contribution in [2.24, 2.45) is 5.10 Å². The molecule has 0 aliphatic carbocycles. The topological polar surface area (TPSA) is 58.8 Å². The van der Waals surface area contributed by atoms with Crippen molar-refractivity contribution < 1.29 is 4.79 Å². The number of hydrogen-bond donors (Lipinski definition) is 1. The Morgan fingerprint density at radius 1 is 1.29 bits per heavy atom. The molecular formula is C17H14Cl2N4O. The Labute approximate surface area is 148 Å². The van der Waals surface area contributed by atoms with Crippen molar-refractivity contribution in [1.82, 2.24) is 14.8 Å². The number of imidazole rings is 1. The summed E-state index contributed by atoms with van der Waals surface area (Å²) >= 11 is 12.0. The number of benzene rings is 1. The molecule has 0 aliphatic rings. The second-order valence-corrected chi connectivity index (χ2v) is 6.11. The van der Waals surface area contributed by atoms with Crippen LogP contribution in [0.4, 0.5) is 0 Å². The van der Waals surface area contributed by atoms with Gasteiger partial charge in [0.25, 0.3) is 5.91 Å². The normalized spacial score (nSPS) is 11.3. The first kappa shape index (κ1) is 16.5. The highest BCUT2D eigenvalue weighted by molar-refractivity contribution is 6.43. The van der Waals surface area contributed by atoms with E-state index in [0.717, 1.165) is 11.2 Å². The van der Waals surface area contributed by atoms with E-state index in [9.17, 15) is 4.79 Å². The molecule has 0 saturated heterocycles. The third kappa shape index (κ3) is 3.13. The molecule has 3 aromatic rings. The lowest BCUT2D eigenvalue weighted by molar-refractivity contribution is 0.0948. The van der Waals surface area contributed by atoms with Crippen molar-refractivity contribution in [2.75, 3.05) is 0 Å². The van der Waals surface area contributed by atoms with Gasteiger partial charge in [-0.1, -0.05) is 35.3 Å². The zero-order valence-corrected chi connectivity index (χ0v) is 14.6. The lowest BCUT2D eigenvalue weighted by Gasteiger charge is -2.03. The lowest BCUT2D eigenvalue weighted by atomic mass is 10.2. The van der Waals surface area contributed by atoms with Gasteiger partial charge in [0.2, 0.25) is 0 Å². The number of hydrazone groups is 1. The first-order valence-corrected chi connectivity index (χ1v) is 7.95. The van der Waals surface area contributed by atoms with E-state index in [2.05, 4.69) is 15.5 Å². The maximum atomic E-state index is 12.4. The van der Waals surface area contributed by atoms with Gasteiger partial charge in [0.15, 0.2) is 0 Å². The number of aryl methyl sites for hydroxylation is 2. The molecule has 0 radical (unpaired) electrons. The van der Waals surface area contributed by atoms with Gasteiger partial charge in [-0.15, -0.1) is 0 Å². The molecule has 24 heavy (non-hydrogen) atoms. The highest BCUT2D eigenvalue weighted by Gasteiger charge is 2.16. The smallest absolute Gasteiger partial charge is 0.290 e. The first-order chi connectivity index (χ1) is 11.5. The van der Waals surface area contributed by atoms with E-state index in [0.29, 0.717) is 27.0 Å². The van der Waals surface area contributed by atoms with Gasteiger partial charge in [-0.3, -0.25) is 9.20 Å². The number of aromatic nitrogens is 2. The summed E-state index contributed by atoms with van der Waals surface area (Å²) in [5.74, 6) is -0.349. The first-order valence-electron chi connectivity index (χ1n) is 7.20. The minimum atomic E-state index is -0.349. The molecule has 3 rings (SSSR count). The fraction of sp³-hybridized carbons (Fsp3) is 0.118. The Morgan fingerprint density at radius 2 is 2.08 bits per heavy atom. The van der Waals surface area contributed by atoms with Crippen LogP contribution in [0.2, 0.25) is 10.0 Å². The SMILES string of the molecule is Cc1ccn2c(C(=O)N/N=C\c3cccc(Cl)c3Cl)c(C)nc2c1. The Kier molecular flexibility index (Phi) is 4.55. The third-order valence-electron chi connectivity index (χ3n) is 3.52. The molecule has 7 heteroatoms. The number of nitrogens with zero attached hydrogens (tertiary/aromatic N) is 3. The Morgan fingerprint density at radius 3 is 2.88 bits per heavy atom. The molecule has 1 aromatic carbocycles. The van der Waals surface area contributed by atoms with E-state index in [1.165, 1.54) is 6.21 Å². The summed E-state index contributed by atoms with van der Waals surface area (Å²) in [6.45, 7) is 3.76. The van der Waals surface area contributed by atoms with Gasteiger partial charge >= 0.3 is 0 Å². The molecule has 1 amide bonds. The van der Waals surface area contributed by atoms with Crippen LogP contribution in [0, 0.1) is 13.8 Å². The molecule has 0 spiro atoms. The fourth-order valence-corrected chi connectivity index (χ4v) is 2.73. The molecule has 2 heterocycles. The van der Waals surface area contributed by atoms with E-state index in [1.54, 1.807) is 29.5 Å². The lowest BCUT2D eigenvalue weighted by Crippen LogP contribution is -2.20. The van der Waals surface area contributed by atoms with Crippen molar-refractivity contribution in [3.63, 3.8) is 0 Å². The number of amides is 1. The van der Waals surface area contributed by atoms with Gasteiger partial charge in [-0.05, 0) is 37.6 Å². The van der Waals surface area contributed by atoms with Crippen LogP contribution in [0.5, 0.6) is 0 Å². The molecular weight excluding hydrogens is 347 g/mol. The maximum Gasteiger partial charge on any atom is 0.290 e. The fourth-order valence-electron chi connectivity index (χ4n) is 2.37. The third-order valence-corrected chi connectivity index (χ3v) is 4.36. The Bertz CT molecular complexity index is 963. The molecule has 0 saturated carbocycles. The van der Waals surface area contributed by atoms with Gasteiger partial charge < -0.3 is 0 Å². The summed E-state index contributed by atoms with van der Waals surface area (Å²) in [4.78, 5) is 16.8. The summed E-state index contributed by atoms with van der Waals surface area (Å²) < 4.78 is 1.74. The van der Waals surface area contributed by atoms with Gasteiger partial charge in [0, 0.05) is 11.8 Å². The second-order valence-electron chi connectivity index (χ2n) is 5.32. The van der Waals surface area contributed by atoms with Crippen LogP contribution in [0.15, 0.2) is 41.6 Å². The number of carbonyl (C=O) groups is 1. The number of carbonyl (C=O) groups excluding carboxylic acids is 1. The molecule has 0 atom stereocenters. The molecule has 122 valence electrons. The summed E-state index contributed by atoms with van der Waals surface area (Å²) in [6.07, 6.45) is 3.27. The van der Waals surface area contributed by atoms with Gasteiger partial charge in [-0.25, -0.2) is 10.4 Å². The number of fused-ring (bicyclic) bond motifs is 1. The van der Waals surface area contributed by atoms with E-state index < -0.39 is 0 Å². The quantitative estimate of drug-likeness (QED) is 0.566. The molecule has 1 N–H and O–H groups in total. The average molecular weight is 361 g/mol. The average Bonchev–Trinajstić information content (AvgIpc) is 2.86. The van der Waals surface area contributed by atoms with Crippen LogP contribution in [0.25, 0.3) is 5.65 Å². The molecule has 0 fully saturated rings. The summed E-state index contributed by atoms with van der Waals surface area (Å²) in [7, 11) is 0. The van der Waals surface area contributed by atoms with E-state index in [4.69, 9.17) is 23.2 Å². The number of pyridine rings is 1. The second kappa shape index (κ2) is 6.63. The standard InChI is InChI=1S/C17H14Cl2N4O/c1-10-6-7-23-14(8-10)21-11(2)16(23)17(24)22-20-9-12-4-3-5-13(18)15(12)19/h3-9H,1-2H3,(H,22,24)/b20-9-. The van der Waals surface area contributed by atoms with Crippen LogP contribution in [-0.2, 0) is 0 Å². The monoisotopic (exact) mass is 360 g/mol. The van der Waals surface area contributed by atoms with E-state index >= 15 is 0 Å². The zero-order valence-electron chi connectivity index (χ0n) is 13.0. The summed E-state index contributed by atoms with van der Waals surface area (Å²) in [6, 6.07) is 9.03.